The highest BCUT2D eigenvalue weighted by Crippen LogP contribution is 2.27. The number of likely N-dealkylation sites (N-methyl/N-ethyl adjacent to an activating group) is 1. The molecule has 2 atom stereocenters. The minimum Gasteiger partial charge on any atom is -0.453 e. The van der Waals surface area contributed by atoms with Gasteiger partial charge in [0, 0.05) is 19.1 Å². The van der Waals surface area contributed by atoms with Gasteiger partial charge in [-0.15, -0.1) is 0 Å². The van der Waals surface area contributed by atoms with E-state index in [0.717, 1.165) is 31.6 Å². The SMILES string of the molecule is CCN1CC(NC(=O)OC)CC(c2cccc(F)c2)C1. The summed E-state index contributed by atoms with van der Waals surface area (Å²) in [5.41, 5.74) is 0.986. The van der Waals surface area contributed by atoms with Crippen molar-refractivity contribution in [2.45, 2.75) is 25.3 Å². The molecular formula is C15H21FN2O2. The normalized spacial score (nSPS) is 23.4. The summed E-state index contributed by atoms with van der Waals surface area (Å²) in [4.78, 5) is 13.6. The first-order valence-electron chi connectivity index (χ1n) is 6.94. The van der Waals surface area contributed by atoms with Crippen LogP contribution < -0.4 is 5.32 Å². The van der Waals surface area contributed by atoms with Gasteiger partial charge in [-0.2, -0.15) is 0 Å². The third-order valence-corrected chi connectivity index (χ3v) is 3.80. The Morgan fingerprint density at radius 1 is 1.50 bits per heavy atom. The van der Waals surface area contributed by atoms with E-state index in [9.17, 15) is 9.18 Å². The zero-order valence-electron chi connectivity index (χ0n) is 11.9. The standard InChI is InChI=1S/C15H21FN2O2/c1-3-18-9-12(11-5-4-6-13(16)7-11)8-14(10-18)17-15(19)20-2/h4-7,12,14H,3,8-10H2,1-2H3,(H,17,19). The van der Waals surface area contributed by atoms with Crippen molar-refractivity contribution in [3.05, 3.63) is 35.6 Å². The van der Waals surface area contributed by atoms with Gasteiger partial charge in [0.1, 0.15) is 5.82 Å². The number of rotatable bonds is 3. The van der Waals surface area contributed by atoms with Gasteiger partial charge in [-0.1, -0.05) is 19.1 Å². The van der Waals surface area contributed by atoms with Crippen LogP contribution in [0.25, 0.3) is 0 Å². The zero-order valence-corrected chi connectivity index (χ0v) is 11.9. The largest absolute Gasteiger partial charge is 0.453 e. The molecule has 1 amide bonds. The Bertz CT molecular complexity index is 467. The molecule has 1 aromatic carbocycles. The number of amides is 1. The predicted octanol–water partition coefficient (Wildman–Crippen LogP) is 2.36. The Hall–Kier alpha value is -1.62. The molecule has 4 nitrogen and oxygen atoms in total. The number of nitrogens with zero attached hydrogens (tertiary/aromatic N) is 1. The van der Waals surface area contributed by atoms with Gasteiger partial charge in [0.25, 0.3) is 0 Å². The molecule has 20 heavy (non-hydrogen) atoms. The highest BCUT2D eigenvalue weighted by molar-refractivity contribution is 5.67. The summed E-state index contributed by atoms with van der Waals surface area (Å²) in [6, 6.07) is 6.75. The molecule has 110 valence electrons. The maximum absolute atomic E-state index is 13.4. The average Bonchev–Trinajstić information content (AvgIpc) is 2.46. The summed E-state index contributed by atoms with van der Waals surface area (Å²) in [5, 5.41) is 2.85. The number of benzene rings is 1. The van der Waals surface area contributed by atoms with Crippen LogP contribution in [0.2, 0.25) is 0 Å². The van der Waals surface area contributed by atoms with Gasteiger partial charge < -0.3 is 15.0 Å². The molecule has 0 saturated carbocycles. The van der Waals surface area contributed by atoms with Crippen LogP contribution in [-0.4, -0.2) is 43.8 Å². The highest BCUT2D eigenvalue weighted by Gasteiger charge is 2.28. The van der Waals surface area contributed by atoms with E-state index < -0.39 is 6.09 Å². The second kappa shape index (κ2) is 6.70. The fourth-order valence-electron chi connectivity index (χ4n) is 2.78. The molecule has 0 bridgehead atoms. The Balaban J connectivity index is 2.10. The molecule has 0 spiro atoms. The number of alkyl carbamates (subject to hydrolysis) is 1. The number of carbonyl (C=O) groups is 1. The average molecular weight is 280 g/mol. The van der Waals surface area contributed by atoms with Gasteiger partial charge in [-0.25, -0.2) is 9.18 Å². The summed E-state index contributed by atoms with van der Waals surface area (Å²) in [5.74, 6) is 0.00940. The number of methoxy groups -OCH3 is 1. The molecule has 1 aliphatic rings. The van der Waals surface area contributed by atoms with E-state index in [4.69, 9.17) is 0 Å². The summed E-state index contributed by atoms with van der Waals surface area (Å²) in [7, 11) is 1.36. The molecular weight excluding hydrogens is 259 g/mol. The molecule has 0 aliphatic carbocycles. The lowest BCUT2D eigenvalue weighted by molar-refractivity contribution is 0.143. The van der Waals surface area contributed by atoms with Crippen LogP contribution >= 0.6 is 0 Å². The van der Waals surface area contributed by atoms with Gasteiger partial charge in [-0.3, -0.25) is 0 Å². The van der Waals surface area contributed by atoms with Crippen molar-refractivity contribution in [1.29, 1.82) is 0 Å². The van der Waals surface area contributed by atoms with Crippen LogP contribution in [0.3, 0.4) is 0 Å². The number of hydrogen-bond donors (Lipinski definition) is 1. The van der Waals surface area contributed by atoms with E-state index in [2.05, 4.69) is 21.9 Å². The Morgan fingerprint density at radius 3 is 2.95 bits per heavy atom. The molecule has 0 radical (unpaired) electrons. The molecule has 1 aliphatic heterocycles. The highest BCUT2D eigenvalue weighted by atomic mass is 19.1. The zero-order chi connectivity index (χ0) is 14.5. The lowest BCUT2D eigenvalue weighted by atomic mass is 9.88. The summed E-state index contributed by atoms with van der Waals surface area (Å²) in [6.07, 6.45) is 0.389. The van der Waals surface area contributed by atoms with Gasteiger partial charge in [0.15, 0.2) is 0 Å². The van der Waals surface area contributed by atoms with E-state index in [-0.39, 0.29) is 17.8 Å². The van der Waals surface area contributed by atoms with Crippen molar-refractivity contribution in [1.82, 2.24) is 10.2 Å². The summed E-state index contributed by atoms with van der Waals surface area (Å²) >= 11 is 0. The topological polar surface area (TPSA) is 41.6 Å². The molecule has 1 fully saturated rings. The van der Waals surface area contributed by atoms with Gasteiger partial charge >= 0.3 is 6.09 Å². The minimum atomic E-state index is -0.411. The predicted molar refractivity (Wildman–Crippen MR) is 75.2 cm³/mol. The molecule has 1 heterocycles. The van der Waals surface area contributed by atoms with Gasteiger partial charge in [-0.05, 0) is 36.6 Å². The van der Waals surface area contributed by atoms with Crippen molar-refractivity contribution in [2.75, 3.05) is 26.7 Å². The fraction of sp³-hybridized carbons (Fsp3) is 0.533. The van der Waals surface area contributed by atoms with Crippen LogP contribution in [-0.2, 0) is 4.74 Å². The summed E-state index contributed by atoms with van der Waals surface area (Å²) < 4.78 is 18.0. The van der Waals surface area contributed by atoms with Crippen LogP contribution in [0.4, 0.5) is 9.18 Å². The smallest absolute Gasteiger partial charge is 0.407 e. The van der Waals surface area contributed by atoms with Crippen molar-refractivity contribution in [3.8, 4) is 0 Å². The monoisotopic (exact) mass is 280 g/mol. The number of carbonyl (C=O) groups excluding carboxylic acids is 1. The van der Waals surface area contributed by atoms with E-state index in [0.29, 0.717) is 0 Å². The lowest BCUT2D eigenvalue weighted by Gasteiger charge is -2.37. The van der Waals surface area contributed by atoms with Crippen LogP contribution in [0.5, 0.6) is 0 Å². The molecule has 1 saturated heterocycles. The van der Waals surface area contributed by atoms with Gasteiger partial charge in [0.05, 0.1) is 7.11 Å². The fourth-order valence-corrected chi connectivity index (χ4v) is 2.78. The first kappa shape index (κ1) is 14.8. The van der Waals surface area contributed by atoms with Gasteiger partial charge in [0.2, 0.25) is 0 Å². The number of piperidine rings is 1. The first-order valence-corrected chi connectivity index (χ1v) is 6.94. The molecule has 1 N–H and O–H groups in total. The lowest BCUT2D eigenvalue weighted by Crippen LogP contribution is -2.50. The van der Waals surface area contributed by atoms with Crippen LogP contribution in [0, 0.1) is 5.82 Å². The first-order chi connectivity index (χ1) is 9.62. The molecule has 1 aromatic rings. The maximum Gasteiger partial charge on any atom is 0.407 e. The second-order valence-electron chi connectivity index (χ2n) is 5.17. The van der Waals surface area contributed by atoms with E-state index in [1.807, 2.05) is 6.07 Å². The quantitative estimate of drug-likeness (QED) is 0.924. The molecule has 0 aromatic heterocycles. The number of likely N-dealkylation sites (tertiary alicyclic amines) is 1. The number of hydrogen-bond acceptors (Lipinski definition) is 3. The Kier molecular flexibility index (Phi) is 4.95. The molecule has 2 rings (SSSR count). The van der Waals surface area contributed by atoms with Crippen molar-refractivity contribution >= 4 is 6.09 Å². The third-order valence-electron chi connectivity index (χ3n) is 3.80. The van der Waals surface area contributed by atoms with E-state index in [1.54, 1.807) is 12.1 Å². The minimum absolute atomic E-state index is 0.0319. The number of nitrogens with one attached hydrogen (secondary N) is 1. The molecule has 5 heteroatoms. The number of halogens is 1. The second-order valence-corrected chi connectivity index (χ2v) is 5.17. The molecule has 2 unspecified atom stereocenters. The van der Waals surface area contributed by atoms with Crippen molar-refractivity contribution in [3.63, 3.8) is 0 Å². The van der Waals surface area contributed by atoms with E-state index in [1.165, 1.54) is 13.2 Å². The Morgan fingerprint density at radius 2 is 2.30 bits per heavy atom. The number of ether oxygens (including phenoxy) is 1. The van der Waals surface area contributed by atoms with E-state index >= 15 is 0 Å². The van der Waals surface area contributed by atoms with Crippen LogP contribution in [0.1, 0.15) is 24.8 Å². The Labute approximate surface area is 118 Å². The third kappa shape index (κ3) is 3.70. The van der Waals surface area contributed by atoms with Crippen molar-refractivity contribution < 1.29 is 13.9 Å². The van der Waals surface area contributed by atoms with Crippen molar-refractivity contribution in [2.24, 2.45) is 0 Å². The van der Waals surface area contributed by atoms with Crippen LogP contribution in [0.15, 0.2) is 24.3 Å². The summed E-state index contributed by atoms with van der Waals surface area (Å²) in [6.45, 7) is 4.69. The maximum atomic E-state index is 13.4.